The largest absolute Gasteiger partial charge is 0.454 e. The molecule has 0 bridgehead atoms. The predicted octanol–water partition coefficient (Wildman–Crippen LogP) is 4.19. The number of carbonyl (C=O) groups excluding carboxylic acids is 1. The molecule has 1 fully saturated rings. The Hall–Kier alpha value is -3.12. The number of aromatic amines is 1. The van der Waals surface area contributed by atoms with Crippen LogP contribution >= 0.6 is 0 Å². The van der Waals surface area contributed by atoms with Crippen LogP contribution in [0, 0.1) is 0 Å². The molecular weight excluding hydrogens is 364 g/mol. The van der Waals surface area contributed by atoms with Crippen molar-refractivity contribution in [3.05, 3.63) is 54.1 Å². The number of fused-ring (bicyclic) bond motifs is 2. The van der Waals surface area contributed by atoms with Crippen LogP contribution in [0.25, 0.3) is 33.3 Å². The highest BCUT2D eigenvalue weighted by Crippen LogP contribution is 2.31. The Morgan fingerprint density at radius 2 is 2.00 bits per heavy atom. The molecule has 1 saturated heterocycles. The lowest BCUT2D eigenvalue weighted by atomic mass is 10.1. The number of carbonyl (C=O) groups is 1. The molecule has 0 radical (unpaired) electrons. The highest BCUT2D eigenvalue weighted by molar-refractivity contribution is 6.01. The van der Waals surface area contributed by atoms with Gasteiger partial charge in [-0.15, -0.1) is 0 Å². The van der Waals surface area contributed by atoms with Crippen molar-refractivity contribution in [3.8, 4) is 11.5 Å². The smallest absolute Gasteiger partial charge is 0.251 e. The Morgan fingerprint density at radius 1 is 1.14 bits per heavy atom. The zero-order valence-electron chi connectivity index (χ0n) is 16.3. The number of furan rings is 1. The maximum absolute atomic E-state index is 12.6. The summed E-state index contributed by atoms with van der Waals surface area (Å²) in [5.41, 5.74) is 3.06. The highest BCUT2D eigenvalue weighted by atomic mass is 16.3. The topological polar surface area (TPSA) is 74.2 Å². The Labute approximate surface area is 168 Å². The molecule has 0 spiro atoms. The van der Waals surface area contributed by atoms with Gasteiger partial charge in [-0.25, -0.2) is 0 Å². The predicted molar refractivity (Wildman–Crippen MR) is 114 cm³/mol. The molecule has 1 aliphatic heterocycles. The number of likely N-dealkylation sites (tertiary alicyclic amines) is 1. The van der Waals surface area contributed by atoms with Crippen LogP contribution in [0.1, 0.15) is 29.6 Å². The molecule has 5 rings (SSSR count). The summed E-state index contributed by atoms with van der Waals surface area (Å²) >= 11 is 0. The van der Waals surface area contributed by atoms with E-state index in [0.717, 1.165) is 40.5 Å². The summed E-state index contributed by atoms with van der Waals surface area (Å²) in [7, 11) is 0. The molecule has 4 aromatic rings. The number of amides is 1. The van der Waals surface area contributed by atoms with Crippen molar-refractivity contribution in [1.29, 1.82) is 0 Å². The van der Waals surface area contributed by atoms with Crippen molar-refractivity contribution >= 4 is 27.8 Å². The summed E-state index contributed by atoms with van der Waals surface area (Å²) in [5.74, 6) is 0.644. The van der Waals surface area contributed by atoms with Crippen LogP contribution in [0.3, 0.4) is 0 Å². The summed E-state index contributed by atoms with van der Waals surface area (Å²) in [6.07, 6.45) is 3.57. The summed E-state index contributed by atoms with van der Waals surface area (Å²) in [6, 6.07) is 15.5. The van der Waals surface area contributed by atoms with Crippen molar-refractivity contribution in [3.63, 3.8) is 0 Å². The lowest BCUT2D eigenvalue weighted by Gasteiger charge is -2.14. The van der Waals surface area contributed by atoms with Gasteiger partial charge in [-0.05, 0) is 69.2 Å². The van der Waals surface area contributed by atoms with E-state index in [2.05, 4.69) is 20.4 Å². The number of para-hydroxylation sites is 1. The summed E-state index contributed by atoms with van der Waals surface area (Å²) in [4.78, 5) is 15.1. The van der Waals surface area contributed by atoms with E-state index in [4.69, 9.17) is 4.42 Å². The van der Waals surface area contributed by atoms with E-state index >= 15 is 0 Å². The molecule has 3 heterocycles. The number of rotatable bonds is 6. The molecule has 148 valence electrons. The van der Waals surface area contributed by atoms with Crippen LogP contribution in [0.4, 0.5) is 0 Å². The zero-order chi connectivity index (χ0) is 19.6. The number of H-pyrrole nitrogens is 1. The maximum Gasteiger partial charge on any atom is 0.251 e. The fourth-order valence-corrected chi connectivity index (χ4v) is 4.05. The average Bonchev–Trinajstić information content (AvgIpc) is 3.49. The van der Waals surface area contributed by atoms with E-state index in [1.165, 1.54) is 25.9 Å². The fraction of sp³-hybridized carbons (Fsp3) is 0.304. The number of hydrogen-bond acceptors (Lipinski definition) is 4. The summed E-state index contributed by atoms with van der Waals surface area (Å²) in [6.45, 7) is 4.12. The molecule has 6 heteroatoms. The van der Waals surface area contributed by atoms with E-state index < -0.39 is 0 Å². The van der Waals surface area contributed by atoms with Gasteiger partial charge < -0.3 is 14.6 Å². The highest BCUT2D eigenvalue weighted by Gasteiger charge is 2.16. The Balaban J connectivity index is 1.32. The van der Waals surface area contributed by atoms with Gasteiger partial charge in [-0.3, -0.25) is 9.89 Å². The van der Waals surface area contributed by atoms with Crippen molar-refractivity contribution in [2.24, 2.45) is 0 Å². The van der Waals surface area contributed by atoms with E-state index in [-0.39, 0.29) is 5.91 Å². The van der Waals surface area contributed by atoms with Crippen LogP contribution in [0.5, 0.6) is 0 Å². The number of aromatic nitrogens is 2. The van der Waals surface area contributed by atoms with Gasteiger partial charge in [0.2, 0.25) is 0 Å². The average molecular weight is 388 g/mol. The first-order valence-corrected chi connectivity index (χ1v) is 10.3. The number of benzene rings is 2. The van der Waals surface area contributed by atoms with Gasteiger partial charge in [0, 0.05) is 22.9 Å². The van der Waals surface area contributed by atoms with Crippen LogP contribution in [-0.4, -0.2) is 47.2 Å². The minimum atomic E-state index is -0.0509. The van der Waals surface area contributed by atoms with Crippen LogP contribution in [-0.2, 0) is 0 Å². The Kier molecular flexibility index (Phi) is 4.77. The van der Waals surface area contributed by atoms with Gasteiger partial charge in [0.05, 0.1) is 5.52 Å². The SMILES string of the molecule is O=C(NCCCN1CCCC1)c1ccc2[nH]nc(-c3cc4ccccc4o3)c2c1. The van der Waals surface area contributed by atoms with Gasteiger partial charge >= 0.3 is 0 Å². The van der Waals surface area contributed by atoms with Crippen LogP contribution in [0.15, 0.2) is 52.9 Å². The standard InChI is InChI=1S/C23H24N4O2/c28-23(24-10-5-13-27-11-3-4-12-27)17-8-9-19-18(14-17)22(26-25-19)21-15-16-6-1-2-7-20(16)29-21/h1-2,6-9,14-15H,3-5,10-13H2,(H,24,28)(H,25,26). The van der Waals surface area contributed by atoms with Crippen LogP contribution < -0.4 is 5.32 Å². The third-order valence-corrected chi connectivity index (χ3v) is 5.62. The molecule has 29 heavy (non-hydrogen) atoms. The maximum atomic E-state index is 12.6. The van der Waals surface area contributed by atoms with Gasteiger partial charge in [-0.2, -0.15) is 5.10 Å². The minimum Gasteiger partial charge on any atom is -0.454 e. The summed E-state index contributed by atoms with van der Waals surface area (Å²) < 4.78 is 5.96. The van der Waals surface area contributed by atoms with Gasteiger partial charge in [0.15, 0.2) is 5.76 Å². The zero-order valence-corrected chi connectivity index (χ0v) is 16.3. The van der Waals surface area contributed by atoms with Gasteiger partial charge in [-0.1, -0.05) is 18.2 Å². The third kappa shape index (κ3) is 3.63. The van der Waals surface area contributed by atoms with Crippen molar-refractivity contribution in [2.45, 2.75) is 19.3 Å². The quantitative estimate of drug-likeness (QED) is 0.486. The molecule has 1 amide bonds. The van der Waals surface area contributed by atoms with Crippen molar-refractivity contribution < 1.29 is 9.21 Å². The van der Waals surface area contributed by atoms with Gasteiger partial charge in [0.25, 0.3) is 5.91 Å². The normalized spacial score (nSPS) is 14.8. The second-order valence-electron chi connectivity index (χ2n) is 7.64. The first-order valence-electron chi connectivity index (χ1n) is 10.3. The lowest BCUT2D eigenvalue weighted by molar-refractivity contribution is 0.0952. The molecule has 0 aliphatic carbocycles. The van der Waals surface area contributed by atoms with E-state index in [1.807, 2.05) is 48.5 Å². The van der Waals surface area contributed by atoms with E-state index in [1.54, 1.807) is 0 Å². The van der Waals surface area contributed by atoms with E-state index in [9.17, 15) is 4.79 Å². The molecule has 0 atom stereocenters. The third-order valence-electron chi connectivity index (χ3n) is 5.62. The van der Waals surface area contributed by atoms with Gasteiger partial charge in [0.1, 0.15) is 11.3 Å². The minimum absolute atomic E-state index is 0.0509. The number of nitrogens with zero attached hydrogens (tertiary/aromatic N) is 2. The number of nitrogens with one attached hydrogen (secondary N) is 2. The molecule has 2 N–H and O–H groups in total. The molecule has 2 aromatic heterocycles. The fourth-order valence-electron chi connectivity index (χ4n) is 4.05. The molecule has 6 nitrogen and oxygen atoms in total. The first kappa shape index (κ1) is 17.9. The molecule has 0 saturated carbocycles. The monoisotopic (exact) mass is 388 g/mol. The van der Waals surface area contributed by atoms with E-state index in [0.29, 0.717) is 17.9 Å². The lowest BCUT2D eigenvalue weighted by Crippen LogP contribution is -2.28. The number of hydrogen-bond donors (Lipinski definition) is 2. The molecule has 2 aromatic carbocycles. The van der Waals surface area contributed by atoms with Crippen molar-refractivity contribution in [2.75, 3.05) is 26.2 Å². The second-order valence-corrected chi connectivity index (χ2v) is 7.64. The molecular formula is C23H24N4O2. The Morgan fingerprint density at radius 3 is 2.86 bits per heavy atom. The summed E-state index contributed by atoms with van der Waals surface area (Å²) in [5, 5.41) is 12.4. The van der Waals surface area contributed by atoms with Crippen molar-refractivity contribution in [1.82, 2.24) is 20.4 Å². The Bertz CT molecular complexity index is 1120. The second kappa shape index (κ2) is 7.72. The molecule has 1 aliphatic rings. The van der Waals surface area contributed by atoms with Crippen LogP contribution in [0.2, 0.25) is 0 Å². The molecule has 0 unspecified atom stereocenters. The first-order chi connectivity index (χ1) is 14.3.